The Kier molecular flexibility index (Phi) is 7.88. The second kappa shape index (κ2) is 10.2. The SMILES string of the molecule is NCCNC(=O)c1ccc(C(=O)CNCCN2CCCCC2)cc1. The Balaban J connectivity index is 1.70. The van der Waals surface area contributed by atoms with Crippen molar-refractivity contribution in [1.82, 2.24) is 15.5 Å². The van der Waals surface area contributed by atoms with Gasteiger partial charge in [-0.2, -0.15) is 0 Å². The van der Waals surface area contributed by atoms with Crippen LogP contribution >= 0.6 is 0 Å². The maximum absolute atomic E-state index is 12.2. The molecule has 1 amide bonds. The maximum Gasteiger partial charge on any atom is 0.251 e. The first-order chi connectivity index (χ1) is 11.7. The van der Waals surface area contributed by atoms with Crippen molar-refractivity contribution in [3.05, 3.63) is 35.4 Å². The van der Waals surface area contributed by atoms with Crippen LogP contribution in [0.3, 0.4) is 0 Å². The molecule has 0 atom stereocenters. The fraction of sp³-hybridized carbons (Fsp3) is 0.556. The van der Waals surface area contributed by atoms with Crippen LogP contribution in [-0.4, -0.2) is 62.4 Å². The van der Waals surface area contributed by atoms with Crippen LogP contribution in [0.4, 0.5) is 0 Å². The molecule has 24 heavy (non-hydrogen) atoms. The van der Waals surface area contributed by atoms with Crippen molar-refractivity contribution < 1.29 is 9.59 Å². The van der Waals surface area contributed by atoms with Gasteiger partial charge in [0.15, 0.2) is 5.78 Å². The van der Waals surface area contributed by atoms with Crippen molar-refractivity contribution in [2.45, 2.75) is 19.3 Å². The van der Waals surface area contributed by atoms with Gasteiger partial charge in [-0.05, 0) is 38.1 Å². The molecule has 1 aromatic carbocycles. The molecule has 1 aliphatic heterocycles. The molecular formula is C18H28N4O2. The van der Waals surface area contributed by atoms with Crippen LogP contribution in [0, 0.1) is 0 Å². The number of amides is 1. The Hall–Kier alpha value is -1.76. The van der Waals surface area contributed by atoms with Crippen LogP contribution < -0.4 is 16.4 Å². The fourth-order valence-corrected chi connectivity index (χ4v) is 2.82. The van der Waals surface area contributed by atoms with E-state index >= 15 is 0 Å². The molecule has 1 aromatic rings. The maximum atomic E-state index is 12.2. The molecule has 0 saturated carbocycles. The zero-order valence-electron chi connectivity index (χ0n) is 14.2. The minimum atomic E-state index is -0.167. The van der Waals surface area contributed by atoms with Gasteiger partial charge in [-0.1, -0.05) is 18.6 Å². The molecule has 4 N–H and O–H groups in total. The topological polar surface area (TPSA) is 87.5 Å². The predicted octanol–water partition coefficient (Wildman–Crippen LogP) is 0.633. The highest BCUT2D eigenvalue weighted by molar-refractivity contribution is 5.99. The number of hydrogen-bond acceptors (Lipinski definition) is 5. The average molecular weight is 332 g/mol. The first-order valence-electron chi connectivity index (χ1n) is 8.75. The second-order valence-corrected chi connectivity index (χ2v) is 6.12. The monoisotopic (exact) mass is 332 g/mol. The van der Waals surface area contributed by atoms with Crippen LogP contribution in [0.2, 0.25) is 0 Å². The Morgan fingerprint density at radius 2 is 1.67 bits per heavy atom. The molecule has 1 heterocycles. The molecule has 0 aliphatic carbocycles. The molecule has 6 heteroatoms. The third-order valence-corrected chi connectivity index (χ3v) is 4.24. The van der Waals surface area contributed by atoms with E-state index in [9.17, 15) is 9.59 Å². The van der Waals surface area contributed by atoms with Crippen molar-refractivity contribution in [2.24, 2.45) is 5.73 Å². The van der Waals surface area contributed by atoms with Crippen molar-refractivity contribution in [1.29, 1.82) is 0 Å². The van der Waals surface area contributed by atoms with Gasteiger partial charge >= 0.3 is 0 Å². The van der Waals surface area contributed by atoms with Gasteiger partial charge in [0.1, 0.15) is 0 Å². The van der Waals surface area contributed by atoms with Crippen molar-refractivity contribution in [3.8, 4) is 0 Å². The van der Waals surface area contributed by atoms with E-state index in [0.29, 0.717) is 30.8 Å². The number of rotatable bonds is 9. The highest BCUT2D eigenvalue weighted by atomic mass is 16.1. The van der Waals surface area contributed by atoms with Crippen LogP contribution in [-0.2, 0) is 0 Å². The first-order valence-corrected chi connectivity index (χ1v) is 8.75. The molecule has 1 saturated heterocycles. The molecule has 0 spiro atoms. The quantitative estimate of drug-likeness (QED) is 0.456. The Bertz CT molecular complexity index is 524. The summed E-state index contributed by atoms with van der Waals surface area (Å²) in [5.74, 6) is -0.123. The summed E-state index contributed by atoms with van der Waals surface area (Å²) in [6.07, 6.45) is 3.90. The van der Waals surface area contributed by atoms with E-state index in [2.05, 4.69) is 15.5 Å². The van der Waals surface area contributed by atoms with Gasteiger partial charge in [0, 0.05) is 37.3 Å². The largest absolute Gasteiger partial charge is 0.351 e. The van der Waals surface area contributed by atoms with Crippen LogP contribution in [0.15, 0.2) is 24.3 Å². The van der Waals surface area contributed by atoms with E-state index in [-0.39, 0.29) is 11.7 Å². The summed E-state index contributed by atoms with van der Waals surface area (Å²) in [5.41, 5.74) is 6.52. The molecule has 6 nitrogen and oxygen atoms in total. The smallest absolute Gasteiger partial charge is 0.251 e. The van der Waals surface area contributed by atoms with E-state index in [1.807, 2.05) is 0 Å². The number of ketones is 1. The lowest BCUT2D eigenvalue weighted by molar-refractivity contribution is 0.0951. The number of nitrogens with zero attached hydrogens (tertiary/aromatic N) is 1. The molecule has 0 radical (unpaired) electrons. The molecule has 0 unspecified atom stereocenters. The van der Waals surface area contributed by atoms with E-state index in [1.54, 1.807) is 24.3 Å². The van der Waals surface area contributed by atoms with Gasteiger partial charge in [-0.25, -0.2) is 0 Å². The minimum Gasteiger partial charge on any atom is -0.351 e. The van der Waals surface area contributed by atoms with E-state index in [0.717, 1.165) is 13.1 Å². The number of benzene rings is 1. The standard InChI is InChI=1S/C18H28N4O2/c19-8-9-21-18(24)16-6-4-15(5-7-16)17(23)14-20-10-13-22-11-2-1-3-12-22/h4-7,20H,1-3,8-14,19H2,(H,21,24). The number of Topliss-reactive ketones (excluding diaryl/α,β-unsaturated/α-hetero) is 1. The first kappa shape index (κ1) is 18.6. The molecular weight excluding hydrogens is 304 g/mol. The molecule has 1 aliphatic rings. The van der Waals surface area contributed by atoms with Gasteiger partial charge in [-0.3, -0.25) is 9.59 Å². The summed E-state index contributed by atoms with van der Waals surface area (Å²) in [6, 6.07) is 6.75. The van der Waals surface area contributed by atoms with E-state index < -0.39 is 0 Å². The summed E-state index contributed by atoms with van der Waals surface area (Å²) in [5, 5.41) is 5.92. The summed E-state index contributed by atoms with van der Waals surface area (Å²) in [6.45, 7) is 5.34. The highest BCUT2D eigenvalue weighted by Crippen LogP contribution is 2.07. The zero-order chi connectivity index (χ0) is 17.2. The van der Waals surface area contributed by atoms with Gasteiger partial charge < -0.3 is 21.3 Å². The third-order valence-electron chi connectivity index (χ3n) is 4.24. The normalized spacial score (nSPS) is 15.2. The van der Waals surface area contributed by atoms with E-state index in [4.69, 9.17) is 5.73 Å². The molecule has 0 aromatic heterocycles. The average Bonchev–Trinajstić information content (AvgIpc) is 2.64. The van der Waals surface area contributed by atoms with Crippen LogP contribution in [0.5, 0.6) is 0 Å². The number of likely N-dealkylation sites (tertiary alicyclic amines) is 1. The Morgan fingerprint density at radius 1 is 1.00 bits per heavy atom. The number of hydrogen-bond donors (Lipinski definition) is 3. The minimum absolute atomic E-state index is 0.0440. The fourth-order valence-electron chi connectivity index (χ4n) is 2.82. The van der Waals surface area contributed by atoms with Crippen LogP contribution in [0.25, 0.3) is 0 Å². The Morgan fingerprint density at radius 3 is 2.33 bits per heavy atom. The molecule has 1 fully saturated rings. The molecule has 0 bridgehead atoms. The summed E-state index contributed by atoms with van der Waals surface area (Å²) < 4.78 is 0. The lowest BCUT2D eigenvalue weighted by Crippen LogP contribution is -2.37. The van der Waals surface area contributed by atoms with Crippen LogP contribution in [0.1, 0.15) is 40.0 Å². The highest BCUT2D eigenvalue weighted by Gasteiger charge is 2.11. The second-order valence-electron chi connectivity index (χ2n) is 6.12. The van der Waals surface area contributed by atoms with Crippen molar-refractivity contribution in [3.63, 3.8) is 0 Å². The molecule has 2 rings (SSSR count). The van der Waals surface area contributed by atoms with Gasteiger partial charge in [0.25, 0.3) is 5.91 Å². The van der Waals surface area contributed by atoms with Gasteiger partial charge in [-0.15, -0.1) is 0 Å². The lowest BCUT2D eigenvalue weighted by Gasteiger charge is -2.26. The number of nitrogens with two attached hydrogens (primary N) is 1. The Labute approximate surface area is 143 Å². The van der Waals surface area contributed by atoms with Crippen molar-refractivity contribution in [2.75, 3.05) is 45.8 Å². The number of piperidine rings is 1. The summed E-state index contributed by atoms with van der Waals surface area (Å²) >= 11 is 0. The van der Waals surface area contributed by atoms with Gasteiger partial charge in [0.05, 0.1) is 6.54 Å². The summed E-state index contributed by atoms with van der Waals surface area (Å²) in [7, 11) is 0. The third kappa shape index (κ3) is 6.03. The summed E-state index contributed by atoms with van der Waals surface area (Å²) in [4.78, 5) is 26.4. The zero-order valence-corrected chi connectivity index (χ0v) is 14.2. The van der Waals surface area contributed by atoms with E-state index in [1.165, 1.54) is 32.4 Å². The number of carbonyl (C=O) groups excluding carboxylic acids is 2. The predicted molar refractivity (Wildman–Crippen MR) is 95.3 cm³/mol. The van der Waals surface area contributed by atoms with Crippen molar-refractivity contribution >= 4 is 11.7 Å². The number of carbonyl (C=O) groups is 2. The lowest BCUT2D eigenvalue weighted by atomic mass is 10.1. The molecule has 132 valence electrons. The number of nitrogens with one attached hydrogen (secondary N) is 2. The van der Waals surface area contributed by atoms with Gasteiger partial charge in [0.2, 0.25) is 0 Å².